The third kappa shape index (κ3) is 2.69. The fraction of sp³-hybridized carbons (Fsp3) is 0.308. The molecule has 0 saturated carbocycles. The molecule has 17 heavy (non-hydrogen) atoms. The van der Waals surface area contributed by atoms with E-state index >= 15 is 0 Å². The molecule has 0 spiro atoms. The topological polar surface area (TPSA) is 29.9 Å². The van der Waals surface area contributed by atoms with E-state index in [1.165, 1.54) is 11.3 Å². The molecular weight excluding hydrogens is 278 g/mol. The molecule has 0 atom stereocenters. The second-order valence-electron chi connectivity index (χ2n) is 3.96. The van der Waals surface area contributed by atoms with Gasteiger partial charge >= 0.3 is 0 Å². The molecule has 1 aromatic carbocycles. The van der Waals surface area contributed by atoms with Crippen molar-refractivity contribution in [2.75, 3.05) is 5.32 Å². The molecule has 0 saturated heterocycles. The third-order valence-corrected chi connectivity index (χ3v) is 3.84. The van der Waals surface area contributed by atoms with E-state index in [4.69, 9.17) is 0 Å². The summed E-state index contributed by atoms with van der Waals surface area (Å²) in [4.78, 5) is 4.16. The molecule has 0 fully saturated rings. The predicted molar refractivity (Wildman–Crippen MR) is 74.1 cm³/mol. The molecule has 4 heteroatoms. The second-order valence-corrected chi connectivity index (χ2v) is 4.75. The molecule has 1 heterocycles. The summed E-state index contributed by atoms with van der Waals surface area (Å²) < 4.78 is 3.26. The fourth-order valence-corrected chi connectivity index (χ4v) is 2.15. The Morgan fingerprint density at radius 1 is 1.41 bits per heavy atom. The van der Waals surface area contributed by atoms with E-state index in [2.05, 4.69) is 62.8 Å². The highest BCUT2D eigenvalue weighted by Gasteiger charge is 2.04. The minimum atomic E-state index is 0.788. The first kappa shape index (κ1) is 12.2. The van der Waals surface area contributed by atoms with E-state index in [-0.39, 0.29) is 0 Å². The Labute approximate surface area is 110 Å². The SMILES string of the molecule is CCn1cncc1CNc1cccc(C)c1Br. The van der Waals surface area contributed by atoms with E-state index in [0.717, 1.165) is 23.2 Å². The lowest BCUT2D eigenvalue weighted by molar-refractivity contribution is 0.719. The summed E-state index contributed by atoms with van der Waals surface area (Å²) in [6.45, 7) is 5.95. The van der Waals surface area contributed by atoms with Gasteiger partial charge in [0.2, 0.25) is 0 Å². The number of nitrogens with one attached hydrogen (secondary N) is 1. The zero-order chi connectivity index (χ0) is 12.3. The number of halogens is 1. The molecule has 0 aliphatic heterocycles. The van der Waals surface area contributed by atoms with Gasteiger partial charge < -0.3 is 9.88 Å². The summed E-state index contributed by atoms with van der Waals surface area (Å²) in [5.41, 5.74) is 3.55. The number of nitrogens with zero attached hydrogens (tertiary/aromatic N) is 2. The van der Waals surface area contributed by atoms with Crippen LogP contribution in [-0.4, -0.2) is 9.55 Å². The third-order valence-electron chi connectivity index (χ3n) is 2.79. The monoisotopic (exact) mass is 293 g/mol. The van der Waals surface area contributed by atoms with Crippen molar-refractivity contribution >= 4 is 21.6 Å². The van der Waals surface area contributed by atoms with Crippen LogP contribution in [0, 0.1) is 6.92 Å². The Kier molecular flexibility index (Phi) is 3.84. The molecule has 0 unspecified atom stereocenters. The normalized spacial score (nSPS) is 10.5. The number of rotatable bonds is 4. The minimum absolute atomic E-state index is 0.788. The van der Waals surface area contributed by atoms with Crippen molar-refractivity contribution in [3.8, 4) is 0 Å². The maximum atomic E-state index is 4.16. The number of aromatic nitrogens is 2. The summed E-state index contributed by atoms with van der Waals surface area (Å²) in [7, 11) is 0. The fourth-order valence-electron chi connectivity index (χ4n) is 1.75. The molecule has 1 N–H and O–H groups in total. The van der Waals surface area contributed by atoms with Crippen LogP contribution >= 0.6 is 15.9 Å². The highest BCUT2D eigenvalue weighted by Crippen LogP contribution is 2.26. The molecule has 2 rings (SSSR count). The molecular formula is C13H16BrN3. The Morgan fingerprint density at radius 3 is 3.00 bits per heavy atom. The zero-order valence-electron chi connectivity index (χ0n) is 10.1. The molecule has 2 aromatic rings. The lowest BCUT2D eigenvalue weighted by Crippen LogP contribution is -2.06. The van der Waals surface area contributed by atoms with E-state index in [1.807, 2.05) is 12.5 Å². The van der Waals surface area contributed by atoms with Gasteiger partial charge in [0.15, 0.2) is 0 Å². The van der Waals surface area contributed by atoms with E-state index < -0.39 is 0 Å². The van der Waals surface area contributed by atoms with Crippen molar-refractivity contribution < 1.29 is 0 Å². The van der Waals surface area contributed by atoms with Crippen LogP contribution in [0.1, 0.15) is 18.2 Å². The summed E-state index contributed by atoms with van der Waals surface area (Å²) in [6, 6.07) is 6.22. The van der Waals surface area contributed by atoms with Crippen LogP contribution < -0.4 is 5.32 Å². The van der Waals surface area contributed by atoms with Crippen LogP contribution in [-0.2, 0) is 13.1 Å². The molecule has 3 nitrogen and oxygen atoms in total. The van der Waals surface area contributed by atoms with E-state index in [9.17, 15) is 0 Å². The van der Waals surface area contributed by atoms with Gasteiger partial charge in [0, 0.05) is 22.9 Å². The largest absolute Gasteiger partial charge is 0.378 e. The van der Waals surface area contributed by atoms with Gasteiger partial charge in [-0.15, -0.1) is 0 Å². The Morgan fingerprint density at radius 2 is 2.24 bits per heavy atom. The van der Waals surface area contributed by atoms with E-state index in [0.29, 0.717) is 0 Å². The molecule has 1 aromatic heterocycles. The summed E-state index contributed by atoms with van der Waals surface area (Å²) in [5.74, 6) is 0. The smallest absolute Gasteiger partial charge is 0.0948 e. The van der Waals surface area contributed by atoms with Gasteiger partial charge in [-0.2, -0.15) is 0 Å². The van der Waals surface area contributed by atoms with Gasteiger partial charge in [-0.25, -0.2) is 4.98 Å². The average Bonchev–Trinajstić information content (AvgIpc) is 2.78. The molecule has 0 amide bonds. The van der Waals surface area contributed by atoms with Crippen LogP contribution in [0.4, 0.5) is 5.69 Å². The number of benzene rings is 1. The van der Waals surface area contributed by atoms with Crippen molar-refractivity contribution in [2.24, 2.45) is 0 Å². The van der Waals surface area contributed by atoms with E-state index in [1.54, 1.807) is 0 Å². The van der Waals surface area contributed by atoms with Crippen LogP contribution in [0.2, 0.25) is 0 Å². The lowest BCUT2D eigenvalue weighted by atomic mass is 10.2. The molecule has 0 aliphatic carbocycles. The predicted octanol–water partition coefficient (Wildman–Crippen LogP) is 3.59. The van der Waals surface area contributed by atoms with Gasteiger partial charge in [0.25, 0.3) is 0 Å². The molecule has 0 radical (unpaired) electrons. The highest BCUT2D eigenvalue weighted by molar-refractivity contribution is 9.10. The van der Waals surface area contributed by atoms with Crippen molar-refractivity contribution in [1.82, 2.24) is 9.55 Å². The Bertz CT molecular complexity index is 505. The zero-order valence-corrected chi connectivity index (χ0v) is 11.7. The first-order chi connectivity index (χ1) is 8.22. The first-order valence-electron chi connectivity index (χ1n) is 5.70. The van der Waals surface area contributed by atoms with Crippen molar-refractivity contribution in [3.63, 3.8) is 0 Å². The Hall–Kier alpha value is -1.29. The van der Waals surface area contributed by atoms with Crippen molar-refractivity contribution in [3.05, 3.63) is 46.5 Å². The van der Waals surface area contributed by atoms with Crippen LogP contribution in [0.5, 0.6) is 0 Å². The number of hydrogen-bond donors (Lipinski definition) is 1. The quantitative estimate of drug-likeness (QED) is 0.934. The van der Waals surface area contributed by atoms with Gasteiger partial charge in [-0.3, -0.25) is 0 Å². The maximum absolute atomic E-state index is 4.16. The molecule has 90 valence electrons. The summed E-state index contributed by atoms with van der Waals surface area (Å²) in [6.07, 6.45) is 3.77. The number of anilines is 1. The minimum Gasteiger partial charge on any atom is -0.378 e. The maximum Gasteiger partial charge on any atom is 0.0948 e. The standard InChI is InChI=1S/C13H16BrN3/c1-3-17-9-15-7-11(17)8-16-12-6-4-5-10(2)13(12)14/h4-7,9,16H,3,8H2,1-2H3. The number of imidazole rings is 1. The van der Waals surface area contributed by atoms with Crippen molar-refractivity contribution in [2.45, 2.75) is 26.9 Å². The van der Waals surface area contributed by atoms with Gasteiger partial charge in [0.1, 0.15) is 0 Å². The molecule has 0 aliphatic rings. The summed E-state index contributed by atoms with van der Waals surface area (Å²) >= 11 is 3.60. The van der Waals surface area contributed by atoms with Crippen LogP contribution in [0.15, 0.2) is 35.2 Å². The highest BCUT2D eigenvalue weighted by atomic mass is 79.9. The van der Waals surface area contributed by atoms with Crippen LogP contribution in [0.25, 0.3) is 0 Å². The lowest BCUT2D eigenvalue weighted by Gasteiger charge is -2.11. The van der Waals surface area contributed by atoms with Gasteiger partial charge in [0.05, 0.1) is 18.6 Å². The summed E-state index contributed by atoms with van der Waals surface area (Å²) in [5, 5.41) is 3.42. The second kappa shape index (κ2) is 5.36. The van der Waals surface area contributed by atoms with Crippen molar-refractivity contribution in [1.29, 1.82) is 0 Å². The first-order valence-corrected chi connectivity index (χ1v) is 6.49. The molecule has 0 bridgehead atoms. The Balaban J connectivity index is 2.10. The van der Waals surface area contributed by atoms with Gasteiger partial charge in [-0.05, 0) is 41.4 Å². The van der Waals surface area contributed by atoms with Gasteiger partial charge in [-0.1, -0.05) is 12.1 Å². The van der Waals surface area contributed by atoms with Crippen LogP contribution in [0.3, 0.4) is 0 Å². The average molecular weight is 294 g/mol. The number of aryl methyl sites for hydroxylation is 2. The number of hydrogen-bond acceptors (Lipinski definition) is 2.